The van der Waals surface area contributed by atoms with Gasteiger partial charge in [0.05, 0.1) is 11.3 Å². The third-order valence-electron chi connectivity index (χ3n) is 6.18. The SMILES string of the molecule is CCN(CCc1ccncc1)C1=C(c2ccc(C)cc2C)C(=O)N(c2ccccc2C)C1=O. The summed E-state index contributed by atoms with van der Waals surface area (Å²) in [7, 11) is 0. The fourth-order valence-electron chi connectivity index (χ4n) is 4.42. The summed E-state index contributed by atoms with van der Waals surface area (Å²) in [5, 5.41) is 0. The van der Waals surface area contributed by atoms with Crippen LogP contribution in [0.25, 0.3) is 5.57 Å². The van der Waals surface area contributed by atoms with Crippen LogP contribution in [0.1, 0.15) is 34.7 Å². The van der Waals surface area contributed by atoms with Gasteiger partial charge in [-0.3, -0.25) is 14.6 Å². The van der Waals surface area contributed by atoms with E-state index in [9.17, 15) is 9.59 Å². The maximum absolute atomic E-state index is 13.8. The van der Waals surface area contributed by atoms with Crippen molar-refractivity contribution in [3.8, 4) is 0 Å². The molecule has 3 aromatic rings. The molecule has 33 heavy (non-hydrogen) atoms. The Morgan fingerprint density at radius 2 is 1.61 bits per heavy atom. The van der Waals surface area contributed by atoms with Crippen LogP contribution in [-0.2, 0) is 16.0 Å². The Labute approximate surface area is 195 Å². The van der Waals surface area contributed by atoms with E-state index in [-0.39, 0.29) is 11.8 Å². The number of benzene rings is 2. The van der Waals surface area contributed by atoms with Crippen molar-refractivity contribution >= 4 is 23.1 Å². The molecule has 0 saturated heterocycles. The number of imide groups is 1. The van der Waals surface area contributed by atoms with Crippen LogP contribution >= 0.6 is 0 Å². The largest absolute Gasteiger partial charge is 0.366 e. The number of likely N-dealkylation sites (N-methyl/N-ethyl adjacent to an activating group) is 1. The van der Waals surface area contributed by atoms with Crippen molar-refractivity contribution in [1.82, 2.24) is 9.88 Å². The van der Waals surface area contributed by atoms with Crippen molar-refractivity contribution in [2.45, 2.75) is 34.1 Å². The molecule has 0 bridgehead atoms. The fourth-order valence-corrected chi connectivity index (χ4v) is 4.42. The molecule has 0 unspecified atom stereocenters. The van der Waals surface area contributed by atoms with Gasteiger partial charge in [0.25, 0.3) is 11.8 Å². The lowest BCUT2D eigenvalue weighted by Gasteiger charge is -2.25. The Bertz CT molecular complexity index is 1230. The number of hydrogen-bond donors (Lipinski definition) is 0. The smallest absolute Gasteiger partial charge is 0.282 e. The number of aromatic nitrogens is 1. The number of nitrogens with zero attached hydrogens (tertiary/aromatic N) is 3. The third-order valence-corrected chi connectivity index (χ3v) is 6.18. The summed E-state index contributed by atoms with van der Waals surface area (Å²) in [4.78, 5) is 35.1. The Kier molecular flexibility index (Phi) is 6.40. The molecule has 1 aliphatic heterocycles. The molecule has 168 valence electrons. The van der Waals surface area contributed by atoms with Crippen molar-refractivity contribution < 1.29 is 9.59 Å². The van der Waals surface area contributed by atoms with E-state index in [2.05, 4.69) is 11.1 Å². The van der Waals surface area contributed by atoms with Crippen LogP contribution < -0.4 is 4.90 Å². The minimum atomic E-state index is -0.265. The van der Waals surface area contributed by atoms with Gasteiger partial charge < -0.3 is 4.90 Å². The second-order valence-electron chi connectivity index (χ2n) is 8.46. The highest BCUT2D eigenvalue weighted by molar-refractivity contribution is 6.45. The molecule has 0 atom stereocenters. The highest BCUT2D eigenvalue weighted by Gasteiger charge is 2.42. The Morgan fingerprint density at radius 3 is 2.27 bits per heavy atom. The van der Waals surface area contributed by atoms with Gasteiger partial charge in [0, 0.05) is 25.5 Å². The summed E-state index contributed by atoms with van der Waals surface area (Å²) in [5.41, 5.74) is 6.55. The molecule has 2 aromatic carbocycles. The lowest BCUT2D eigenvalue weighted by Crippen LogP contribution is -2.36. The number of hydrogen-bond acceptors (Lipinski definition) is 4. The Morgan fingerprint density at radius 1 is 0.879 bits per heavy atom. The van der Waals surface area contributed by atoms with Crippen LogP contribution in [0.15, 0.2) is 72.7 Å². The first-order valence-electron chi connectivity index (χ1n) is 11.3. The molecule has 0 spiro atoms. The van der Waals surface area contributed by atoms with Crippen LogP contribution in [-0.4, -0.2) is 34.8 Å². The lowest BCUT2D eigenvalue weighted by molar-refractivity contribution is -0.120. The maximum atomic E-state index is 13.8. The van der Waals surface area contributed by atoms with Crippen LogP contribution in [0, 0.1) is 20.8 Å². The topological polar surface area (TPSA) is 53.5 Å². The molecule has 1 aromatic heterocycles. The maximum Gasteiger partial charge on any atom is 0.282 e. The first kappa shape index (κ1) is 22.5. The van der Waals surface area contributed by atoms with Crippen LogP contribution in [0.4, 0.5) is 5.69 Å². The summed E-state index contributed by atoms with van der Waals surface area (Å²) in [6, 6.07) is 17.5. The first-order valence-corrected chi connectivity index (χ1v) is 11.3. The number of para-hydroxylation sites is 1. The highest BCUT2D eigenvalue weighted by atomic mass is 16.2. The number of pyridine rings is 1. The number of carbonyl (C=O) groups is 2. The zero-order valence-corrected chi connectivity index (χ0v) is 19.6. The summed E-state index contributed by atoms with van der Waals surface area (Å²) in [5.74, 6) is -0.528. The molecule has 0 fully saturated rings. The number of anilines is 1. The molecule has 0 N–H and O–H groups in total. The van der Waals surface area contributed by atoms with E-state index in [0.717, 1.165) is 34.2 Å². The standard InChI is InChI=1S/C28H29N3O2/c1-5-30(17-14-22-12-15-29-16-13-22)26-25(23-11-10-19(2)18-21(23)4)27(32)31(28(26)33)24-9-7-6-8-20(24)3/h6-13,15-16,18H,5,14,17H2,1-4H3. The molecule has 5 nitrogen and oxygen atoms in total. The molecule has 1 aliphatic rings. The quantitative estimate of drug-likeness (QED) is 0.494. The van der Waals surface area contributed by atoms with E-state index < -0.39 is 0 Å². The number of carbonyl (C=O) groups excluding carboxylic acids is 2. The van der Waals surface area contributed by atoms with Gasteiger partial charge in [-0.25, -0.2) is 4.90 Å². The molecule has 2 heterocycles. The van der Waals surface area contributed by atoms with Gasteiger partial charge in [0.15, 0.2) is 0 Å². The number of rotatable bonds is 7. The molecular weight excluding hydrogens is 410 g/mol. The summed E-state index contributed by atoms with van der Waals surface area (Å²) in [6.07, 6.45) is 4.30. The normalized spacial score (nSPS) is 13.8. The van der Waals surface area contributed by atoms with Crippen LogP contribution in [0.2, 0.25) is 0 Å². The van der Waals surface area contributed by atoms with Gasteiger partial charge in [-0.1, -0.05) is 42.0 Å². The molecular formula is C28H29N3O2. The minimum absolute atomic E-state index is 0.263. The van der Waals surface area contributed by atoms with E-state index in [4.69, 9.17) is 0 Å². The highest BCUT2D eigenvalue weighted by Crippen LogP contribution is 2.37. The molecule has 0 saturated carbocycles. The van der Waals surface area contributed by atoms with Crippen molar-refractivity contribution in [2.24, 2.45) is 0 Å². The van der Waals surface area contributed by atoms with Crippen molar-refractivity contribution in [2.75, 3.05) is 18.0 Å². The minimum Gasteiger partial charge on any atom is -0.366 e. The van der Waals surface area contributed by atoms with Gasteiger partial charge in [0.2, 0.25) is 0 Å². The van der Waals surface area contributed by atoms with Gasteiger partial charge in [-0.15, -0.1) is 0 Å². The van der Waals surface area contributed by atoms with Gasteiger partial charge in [-0.05, 0) is 74.6 Å². The van der Waals surface area contributed by atoms with Gasteiger partial charge >= 0.3 is 0 Å². The van der Waals surface area contributed by atoms with Gasteiger partial charge in [-0.2, -0.15) is 0 Å². The molecule has 2 amide bonds. The zero-order valence-electron chi connectivity index (χ0n) is 19.6. The lowest BCUT2D eigenvalue weighted by atomic mass is 9.97. The van der Waals surface area contributed by atoms with Gasteiger partial charge in [0.1, 0.15) is 5.70 Å². The zero-order chi connectivity index (χ0) is 23.5. The van der Waals surface area contributed by atoms with Crippen molar-refractivity contribution in [3.63, 3.8) is 0 Å². The number of amides is 2. The Hall–Kier alpha value is -3.73. The average molecular weight is 440 g/mol. The van der Waals surface area contributed by atoms with Crippen molar-refractivity contribution in [3.05, 3.63) is 101 Å². The second kappa shape index (κ2) is 9.41. The van der Waals surface area contributed by atoms with E-state index in [0.29, 0.717) is 30.0 Å². The third kappa shape index (κ3) is 4.31. The van der Waals surface area contributed by atoms with Crippen LogP contribution in [0.3, 0.4) is 0 Å². The van der Waals surface area contributed by atoms with E-state index in [1.54, 1.807) is 12.4 Å². The monoisotopic (exact) mass is 439 g/mol. The first-order chi connectivity index (χ1) is 15.9. The van der Waals surface area contributed by atoms with Crippen LogP contribution in [0.5, 0.6) is 0 Å². The summed E-state index contributed by atoms with van der Waals surface area (Å²) < 4.78 is 0. The van der Waals surface area contributed by atoms with E-state index in [1.165, 1.54) is 4.90 Å². The predicted octanol–water partition coefficient (Wildman–Crippen LogP) is 4.86. The second-order valence-corrected chi connectivity index (χ2v) is 8.46. The average Bonchev–Trinajstić information content (AvgIpc) is 3.05. The molecule has 4 rings (SSSR count). The molecule has 0 aliphatic carbocycles. The molecule has 0 radical (unpaired) electrons. The Balaban J connectivity index is 1.81. The number of aryl methyl sites for hydroxylation is 3. The summed E-state index contributed by atoms with van der Waals surface area (Å²) in [6.45, 7) is 9.22. The summed E-state index contributed by atoms with van der Waals surface area (Å²) >= 11 is 0. The predicted molar refractivity (Wildman–Crippen MR) is 132 cm³/mol. The van der Waals surface area contributed by atoms with E-state index >= 15 is 0 Å². The molecule has 5 heteroatoms. The van der Waals surface area contributed by atoms with Crippen molar-refractivity contribution in [1.29, 1.82) is 0 Å². The fraction of sp³-hybridized carbons (Fsp3) is 0.250. The van der Waals surface area contributed by atoms with E-state index in [1.807, 2.05) is 81.1 Å².